The van der Waals surface area contributed by atoms with Gasteiger partial charge in [-0.15, -0.1) is 6.58 Å². The van der Waals surface area contributed by atoms with E-state index < -0.39 is 0 Å². The Labute approximate surface area is 135 Å². The molecule has 0 bridgehead atoms. The second-order valence-corrected chi connectivity index (χ2v) is 4.62. The van der Waals surface area contributed by atoms with Crippen molar-refractivity contribution in [1.29, 1.82) is 0 Å². The lowest BCUT2D eigenvalue weighted by Gasteiger charge is -2.11. The van der Waals surface area contributed by atoms with Crippen molar-refractivity contribution in [2.45, 2.75) is 0 Å². The molecule has 6 heteroatoms. The maximum atomic E-state index is 12.3. The molecule has 1 aromatic heterocycles. The molecule has 0 unspecified atom stereocenters. The second kappa shape index (κ2) is 7.84. The van der Waals surface area contributed by atoms with Crippen molar-refractivity contribution in [3.8, 4) is 11.5 Å². The molecule has 1 heterocycles. The number of pyridine rings is 1. The monoisotopic (exact) mass is 313 g/mol. The van der Waals surface area contributed by atoms with Crippen LogP contribution in [-0.4, -0.2) is 31.7 Å². The second-order valence-electron chi connectivity index (χ2n) is 4.62. The normalized spacial score (nSPS) is 9.83. The van der Waals surface area contributed by atoms with E-state index in [9.17, 15) is 4.79 Å². The Hall–Kier alpha value is -3.02. The summed E-state index contributed by atoms with van der Waals surface area (Å²) in [4.78, 5) is 16.4. The Morgan fingerprint density at radius 3 is 2.65 bits per heavy atom. The van der Waals surface area contributed by atoms with Gasteiger partial charge in [0.2, 0.25) is 0 Å². The van der Waals surface area contributed by atoms with E-state index in [1.54, 1.807) is 56.8 Å². The van der Waals surface area contributed by atoms with Gasteiger partial charge < -0.3 is 20.1 Å². The quantitative estimate of drug-likeness (QED) is 0.769. The van der Waals surface area contributed by atoms with E-state index in [1.165, 1.54) is 0 Å². The molecule has 2 N–H and O–H groups in total. The zero-order valence-electron chi connectivity index (χ0n) is 13.1. The first kappa shape index (κ1) is 16.4. The molecule has 0 fully saturated rings. The molecule has 0 atom stereocenters. The molecular formula is C17H19N3O3. The summed E-state index contributed by atoms with van der Waals surface area (Å²) < 4.78 is 10.4. The van der Waals surface area contributed by atoms with Crippen molar-refractivity contribution in [1.82, 2.24) is 4.98 Å². The van der Waals surface area contributed by atoms with Crippen molar-refractivity contribution in [2.75, 3.05) is 31.4 Å². The smallest absolute Gasteiger partial charge is 0.274 e. The van der Waals surface area contributed by atoms with Crippen LogP contribution in [0.4, 0.5) is 11.4 Å². The minimum Gasteiger partial charge on any atom is -0.493 e. The Kier molecular flexibility index (Phi) is 5.57. The average molecular weight is 313 g/mol. The highest BCUT2D eigenvalue weighted by atomic mass is 16.5. The van der Waals surface area contributed by atoms with Crippen LogP contribution in [0.3, 0.4) is 0 Å². The Bertz CT molecular complexity index is 701. The number of hydrogen-bond donors (Lipinski definition) is 2. The third-order valence-corrected chi connectivity index (χ3v) is 3.08. The van der Waals surface area contributed by atoms with Crippen LogP contribution in [0.25, 0.3) is 0 Å². The van der Waals surface area contributed by atoms with Gasteiger partial charge in [0.25, 0.3) is 5.91 Å². The summed E-state index contributed by atoms with van der Waals surface area (Å²) in [5.74, 6) is 0.832. The topological polar surface area (TPSA) is 72.5 Å². The summed E-state index contributed by atoms with van der Waals surface area (Å²) in [7, 11) is 3.10. The van der Waals surface area contributed by atoms with Crippen molar-refractivity contribution >= 4 is 17.3 Å². The molecule has 0 radical (unpaired) electrons. The summed E-state index contributed by atoms with van der Waals surface area (Å²) in [6.45, 7) is 4.25. The van der Waals surface area contributed by atoms with Crippen LogP contribution in [0.5, 0.6) is 11.5 Å². The first-order valence-electron chi connectivity index (χ1n) is 7.02. The van der Waals surface area contributed by atoms with Gasteiger partial charge in [0, 0.05) is 30.2 Å². The van der Waals surface area contributed by atoms with Gasteiger partial charge in [-0.3, -0.25) is 9.78 Å². The van der Waals surface area contributed by atoms with Crippen molar-refractivity contribution in [3.63, 3.8) is 0 Å². The van der Waals surface area contributed by atoms with Gasteiger partial charge in [-0.1, -0.05) is 6.08 Å². The third kappa shape index (κ3) is 4.23. The first-order chi connectivity index (χ1) is 11.2. The zero-order valence-corrected chi connectivity index (χ0v) is 13.1. The predicted molar refractivity (Wildman–Crippen MR) is 90.4 cm³/mol. The molecule has 0 saturated carbocycles. The third-order valence-electron chi connectivity index (χ3n) is 3.08. The number of hydrogen-bond acceptors (Lipinski definition) is 5. The number of rotatable bonds is 7. The van der Waals surface area contributed by atoms with Crippen molar-refractivity contribution in [2.24, 2.45) is 0 Å². The van der Waals surface area contributed by atoms with Crippen LogP contribution in [-0.2, 0) is 0 Å². The maximum absolute atomic E-state index is 12.3. The minimum absolute atomic E-state index is 0.306. The summed E-state index contributed by atoms with van der Waals surface area (Å²) in [6, 6.07) is 8.62. The fraction of sp³-hybridized carbons (Fsp3) is 0.176. The van der Waals surface area contributed by atoms with Gasteiger partial charge in [-0.05, 0) is 24.3 Å². The molecule has 23 heavy (non-hydrogen) atoms. The number of nitrogens with one attached hydrogen (secondary N) is 2. The van der Waals surface area contributed by atoms with Crippen LogP contribution < -0.4 is 20.1 Å². The summed E-state index contributed by atoms with van der Waals surface area (Å²) in [5.41, 5.74) is 1.71. The van der Waals surface area contributed by atoms with Gasteiger partial charge in [0.15, 0.2) is 11.5 Å². The van der Waals surface area contributed by atoms with E-state index in [0.29, 0.717) is 29.4 Å². The molecule has 0 aliphatic rings. The molecular weight excluding hydrogens is 294 g/mol. The van der Waals surface area contributed by atoms with Crippen LogP contribution in [0, 0.1) is 0 Å². The number of nitrogens with zero attached hydrogens (tertiary/aromatic N) is 1. The SMILES string of the molecule is C=CCNc1ccnc(C(=O)Nc2ccc(OC)c(OC)c2)c1. The zero-order chi connectivity index (χ0) is 16.7. The lowest BCUT2D eigenvalue weighted by molar-refractivity contribution is 0.102. The van der Waals surface area contributed by atoms with Gasteiger partial charge in [-0.25, -0.2) is 0 Å². The number of anilines is 2. The highest BCUT2D eigenvalue weighted by Gasteiger charge is 2.11. The Morgan fingerprint density at radius 2 is 1.96 bits per heavy atom. The summed E-state index contributed by atoms with van der Waals surface area (Å²) in [5, 5.41) is 5.89. The van der Waals surface area contributed by atoms with E-state index in [2.05, 4.69) is 22.2 Å². The Morgan fingerprint density at radius 1 is 1.17 bits per heavy atom. The highest BCUT2D eigenvalue weighted by Crippen LogP contribution is 2.29. The summed E-state index contributed by atoms with van der Waals surface area (Å²) in [6.07, 6.45) is 3.32. The van der Waals surface area contributed by atoms with E-state index in [1.807, 2.05) is 0 Å². The number of amides is 1. The molecule has 2 rings (SSSR count). The van der Waals surface area contributed by atoms with Crippen molar-refractivity contribution in [3.05, 3.63) is 54.9 Å². The van der Waals surface area contributed by atoms with Crippen LogP contribution in [0.1, 0.15) is 10.5 Å². The summed E-state index contributed by atoms with van der Waals surface area (Å²) >= 11 is 0. The average Bonchev–Trinajstić information content (AvgIpc) is 2.60. The fourth-order valence-electron chi connectivity index (χ4n) is 1.96. The number of carbonyl (C=O) groups excluding carboxylic acids is 1. The Balaban J connectivity index is 2.14. The molecule has 1 aromatic carbocycles. The van der Waals surface area contributed by atoms with Gasteiger partial charge in [0.1, 0.15) is 5.69 Å². The van der Waals surface area contributed by atoms with Gasteiger partial charge in [0.05, 0.1) is 14.2 Å². The molecule has 0 aliphatic carbocycles. The molecule has 120 valence electrons. The van der Waals surface area contributed by atoms with Crippen LogP contribution >= 0.6 is 0 Å². The van der Waals surface area contributed by atoms with Crippen molar-refractivity contribution < 1.29 is 14.3 Å². The number of methoxy groups -OCH3 is 2. The van der Waals surface area contributed by atoms with E-state index >= 15 is 0 Å². The molecule has 0 spiro atoms. The first-order valence-corrected chi connectivity index (χ1v) is 7.02. The van der Waals surface area contributed by atoms with E-state index in [-0.39, 0.29) is 5.91 Å². The van der Waals surface area contributed by atoms with Gasteiger partial charge in [-0.2, -0.15) is 0 Å². The predicted octanol–water partition coefficient (Wildman–Crippen LogP) is 2.95. The lowest BCUT2D eigenvalue weighted by Crippen LogP contribution is -2.14. The lowest BCUT2D eigenvalue weighted by atomic mass is 10.2. The number of carbonyl (C=O) groups is 1. The standard InChI is InChI=1S/C17H19N3O3/c1-4-8-18-12-7-9-19-14(10-12)17(21)20-13-5-6-15(22-2)16(11-13)23-3/h4-7,9-11H,1,8H2,2-3H3,(H,18,19)(H,20,21). The molecule has 1 amide bonds. The maximum Gasteiger partial charge on any atom is 0.274 e. The van der Waals surface area contributed by atoms with Gasteiger partial charge >= 0.3 is 0 Å². The largest absolute Gasteiger partial charge is 0.493 e. The van der Waals surface area contributed by atoms with Crippen LogP contribution in [0.2, 0.25) is 0 Å². The molecule has 6 nitrogen and oxygen atoms in total. The number of aromatic nitrogens is 1. The number of ether oxygens (including phenoxy) is 2. The highest BCUT2D eigenvalue weighted by molar-refractivity contribution is 6.03. The minimum atomic E-state index is -0.306. The molecule has 0 saturated heterocycles. The number of benzene rings is 1. The van der Waals surface area contributed by atoms with Crippen LogP contribution in [0.15, 0.2) is 49.2 Å². The fourth-order valence-corrected chi connectivity index (χ4v) is 1.96. The van der Waals surface area contributed by atoms with E-state index in [0.717, 1.165) is 5.69 Å². The molecule has 2 aromatic rings. The molecule has 0 aliphatic heterocycles. The van der Waals surface area contributed by atoms with E-state index in [4.69, 9.17) is 9.47 Å².